The Balaban J connectivity index is 1.11. The molecule has 0 aliphatic carbocycles. The van der Waals surface area contributed by atoms with Gasteiger partial charge in [0.05, 0.1) is 27.1 Å². The molecule has 2 unspecified atom stereocenters. The molecule has 344 valence electrons. The van der Waals surface area contributed by atoms with Crippen LogP contribution in [0, 0.1) is 12.8 Å². The molecule has 5 heteroatoms. The van der Waals surface area contributed by atoms with Gasteiger partial charge in [0.25, 0.3) is 0 Å². The molecule has 1 aliphatic heterocycles. The third-order valence-corrected chi connectivity index (χ3v) is 16.5. The Morgan fingerprint density at radius 2 is 1.18 bits per heavy atom. The molecule has 0 bridgehead atoms. The normalized spacial score (nSPS) is 14.8. The Kier molecular flexibility index (Phi) is 9.97. The van der Waals surface area contributed by atoms with Crippen LogP contribution in [0.5, 0.6) is 0 Å². The molecule has 2 atom stereocenters. The van der Waals surface area contributed by atoms with E-state index in [2.05, 4.69) is 226 Å². The monoisotopic (exact) mass is 943 g/mol. The van der Waals surface area contributed by atoms with Crippen LogP contribution in [0.4, 0.5) is 0 Å². The molecule has 0 N–H and O–H groups in total. The number of para-hydroxylation sites is 2. The van der Waals surface area contributed by atoms with Gasteiger partial charge in [0.15, 0.2) is 5.84 Å². The molecule has 14 rings (SSSR count). The van der Waals surface area contributed by atoms with Crippen LogP contribution in [0.15, 0.2) is 226 Å². The topological polar surface area (TPSA) is 42.8 Å². The van der Waals surface area contributed by atoms with E-state index in [9.17, 15) is 0 Å². The Hall–Kier alpha value is -8.38. The molecule has 0 amide bonds. The molecule has 3 aromatic heterocycles. The minimum atomic E-state index is -0.0521. The van der Waals surface area contributed by atoms with Crippen molar-refractivity contribution in [1.29, 1.82) is 0 Å². The fourth-order valence-electron chi connectivity index (χ4n) is 11.9. The van der Waals surface area contributed by atoms with E-state index >= 15 is 0 Å². The molecule has 0 saturated heterocycles. The van der Waals surface area contributed by atoms with E-state index in [0.717, 1.165) is 74.0 Å². The molecule has 0 fully saturated rings. The molecule has 0 saturated carbocycles. The van der Waals surface area contributed by atoms with E-state index in [1.165, 1.54) is 74.7 Å². The first-order chi connectivity index (χ1) is 35.5. The molecule has 0 spiro atoms. The van der Waals surface area contributed by atoms with E-state index in [1.807, 2.05) is 17.4 Å². The number of aryl methyl sites for hydroxylation is 1. The van der Waals surface area contributed by atoms with E-state index in [-0.39, 0.29) is 11.8 Å². The molecule has 10 aromatic carbocycles. The molecular formula is C67H49N3OS. The summed E-state index contributed by atoms with van der Waals surface area (Å²) in [5.41, 5.74) is 14.2. The van der Waals surface area contributed by atoms with E-state index in [0.29, 0.717) is 5.84 Å². The van der Waals surface area contributed by atoms with Crippen molar-refractivity contribution in [1.82, 2.24) is 4.57 Å². The minimum absolute atomic E-state index is 0.0199. The summed E-state index contributed by atoms with van der Waals surface area (Å²) >= 11 is 1.87. The van der Waals surface area contributed by atoms with Crippen LogP contribution < -0.4 is 0 Å². The lowest BCUT2D eigenvalue weighted by atomic mass is 9.83. The van der Waals surface area contributed by atoms with Crippen LogP contribution in [-0.2, 0) is 0 Å². The predicted octanol–water partition coefficient (Wildman–Crippen LogP) is 18.7. The fourth-order valence-corrected chi connectivity index (χ4v) is 13.1. The van der Waals surface area contributed by atoms with Crippen LogP contribution in [-0.4, -0.2) is 16.1 Å². The maximum absolute atomic E-state index is 6.58. The number of benzene rings is 10. The van der Waals surface area contributed by atoms with Crippen molar-refractivity contribution < 1.29 is 4.42 Å². The van der Waals surface area contributed by atoms with Gasteiger partial charge >= 0.3 is 0 Å². The average molecular weight is 944 g/mol. The molecule has 13 aromatic rings. The first-order valence-electron chi connectivity index (χ1n) is 25.3. The van der Waals surface area contributed by atoms with Gasteiger partial charge in [-0.2, -0.15) is 0 Å². The summed E-state index contributed by atoms with van der Waals surface area (Å²) < 4.78 is 11.6. The highest BCUT2D eigenvalue weighted by Gasteiger charge is 2.30. The number of aliphatic imine (C=N–C) groups is 2. The summed E-state index contributed by atoms with van der Waals surface area (Å²) in [6, 6.07) is 73.1. The number of furan rings is 1. The van der Waals surface area contributed by atoms with Gasteiger partial charge in [-0.3, -0.25) is 0 Å². The zero-order valence-corrected chi connectivity index (χ0v) is 41.2. The summed E-state index contributed by atoms with van der Waals surface area (Å²) in [5, 5.41) is 12.0. The van der Waals surface area contributed by atoms with Crippen molar-refractivity contribution in [2.75, 3.05) is 0 Å². The number of aromatic nitrogens is 1. The molecular weight excluding hydrogens is 895 g/mol. The van der Waals surface area contributed by atoms with Gasteiger partial charge in [0, 0.05) is 65.7 Å². The van der Waals surface area contributed by atoms with Crippen molar-refractivity contribution >= 4 is 108 Å². The summed E-state index contributed by atoms with van der Waals surface area (Å²) in [6.45, 7) is 6.81. The SMILES string of the molecule is CCC1C=C(C(CC)c2ccccc2-c2ccccc2C)N=C(c2ccc3c(sc4cc5ccccc5cc43)c2-n2c3ccccc3c3cc4ccccc4cc32)N=C1c1cccc2oc3ccccc3c12. The highest BCUT2D eigenvalue weighted by molar-refractivity contribution is 7.26. The second kappa shape index (κ2) is 16.9. The van der Waals surface area contributed by atoms with E-state index in [4.69, 9.17) is 14.4 Å². The van der Waals surface area contributed by atoms with Crippen molar-refractivity contribution in [2.24, 2.45) is 15.9 Å². The highest BCUT2D eigenvalue weighted by atomic mass is 32.1. The second-order valence-electron chi connectivity index (χ2n) is 19.4. The molecule has 0 radical (unpaired) electrons. The Bertz CT molecular complexity index is 4460. The fraction of sp³-hybridized carbons (Fsp3) is 0.104. The first kappa shape index (κ1) is 42.5. The van der Waals surface area contributed by atoms with Crippen molar-refractivity contribution in [3.05, 3.63) is 234 Å². The number of allylic oxidation sites excluding steroid dienone is 2. The first-order valence-corrected chi connectivity index (χ1v) is 26.1. The maximum Gasteiger partial charge on any atom is 0.161 e. The highest BCUT2D eigenvalue weighted by Crippen LogP contribution is 2.46. The number of fused-ring (bicyclic) bond motifs is 11. The van der Waals surface area contributed by atoms with Gasteiger partial charge < -0.3 is 8.98 Å². The van der Waals surface area contributed by atoms with Crippen LogP contribution in [0.25, 0.3) is 102 Å². The van der Waals surface area contributed by atoms with Gasteiger partial charge in [0.2, 0.25) is 0 Å². The van der Waals surface area contributed by atoms with Crippen molar-refractivity contribution in [3.63, 3.8) is 0 Å². The zero-order valence-electron chi connectivity index (χ0n) is 40.4. The Morgan fingerprint density at radius 1 is 0.528 bits per heavy atom. The van der Waals surface area contributed by atoms with Crippen LogP contribution in [0.3, 0.4) is 0 Å². The summed E-state index contributed by atoms with van der Waals surface area (Å²) in [5.74, 6) is 0.632. The lowest BCUT2D eigenvalue weighted by Gasteiger charge is -2.22. The molecule has 4 nitrogen and oxygen atoms in total. The number of thiophene rings is 1. The number of hydrogen-bond donors (Lipinski definition) is 0. The lowest BCUT2D eigenvalue weighted by Crippen LogP contribution is -2.16. The smallest absolute Gasteiger partial charge is 0.161 e. The van der Waals surface area contributed by atoms with Gasteiger partial charge in [0.1, 0.15) is 11.2 Å². The summed E-state index contributed by atoms with van der Waals surface area (Å²) in [4.78, 5) is 12.0. The largest absolute Gasteiger partial charge is 0.456 e. The Morgan fingerprint density at radius 3 is 1.97 bits per heavy atom. The summed E-state index contributed by atoms with van der Waals surface area (Å²) in [7, 11) is 0. The minimum Gasteiger partial charge on any atom is -0.456 e. The molecule has 4 heterocycles. The second-order valence-corrected chi connectivity index (χ2v) is 20.4. The number of hydrogen-bond acceptors (Lipinski definition) is 4. The van der Waals surface area contributed by atoms with Crippen LogP contribution in [0.1, 0.15) is 54.9 Å². The van der Waals surface area contributed by atoms with E-state index < -0.39 is 0 Å². The van der Waals surface area contributed by atoms with Gasteiger partial charge in [-0.1, -0.05) is 172 Å². The molecule has 72 heavy (non-hydrogen) atoms. The maximum atomic E-state index is 6.58. The quantitative estimate of drug-likeness (QED) is 0.150. The van der Waals surface area contributed by atoms with Crippen molar-refractivity contribution in [2.45, 2.75) is 39.5 Å². The Labute approximate surface area is 421 Å². The van der Waals surface area contributed by atoms with Crippen LogP contribution >= 0.6 is 11.3 Å². The molecule has 1 aliphatic rings. The third kappa shape index (κ3) is 6.64. The average Bonchev–Trinajstić information content (AvgIpc) is 4.04. The number of rotatable bonds is 8. The van der Waals surface area contributed by atoms with Gasteiger partial charge in [-0.25, -0.2) is 9.98 Å². The van der Waals surface area contributed by atoms with Gasteiger partial charge in [-0.15, -0.1) is 11.3 Å². The zero-order chi connectivity index (χ0) is 48.0. The standard InChI is InChI=1S/C67H49N3OS/c1-4-41-37-57(46(5-2)48-25-12-13-26-49(48)47-24-11-6-19-40(47)3)68-67(69-64(41)53-29-18-32-61-63(53)52-28-15-17-31-60(52)71-61)54-34-33-51-56-36-43-21-8-10-23-45(43)39-62(56)72-66(51)65(54)70-58-30-16-14-27-50(58)55-35-42-20-7-9-22-44(42)38-59(55)70/h6-39,41,46H,4-5H2,1-3H3. The number of nitrogens with zero attached hydrogens (tertiary/aromatic N) is 3. The van der Waals surface area contributed by atoms with Crippen molar-refractivity contribution in [3.8, 4) is 16.8 Å². The third-order valence-electron chi connectivity index (χ3n) is 15.3. The summed E-state index contributed by atoms with van der Waals surface area (Å²) in [6.07, 6.45) is 4.14. The van der Waals surface area contributed by atoms with E-state index in [1.54, 1.807) is 0 Å². The lowest BCUT2D eigenvalue weighted by molar-refractivity contribution is 0.669. The number of amidine groups is 1. The van der Waals surface area contributed by atoms with Gasteiger partial charge in [-0.05, 0) is 112 Å². The predicted molar refractivity (Wildman–Crippen MR) is 307 cm³/mol. The van der Waals surface area contributed by atoms with Crippen LogP contribution in [0.2, 0.25) is 0 Å².